The molecule has 10 heteroatoms. The first-order chi connectivity index (χ1) is 15.5. The molecular formula is C22H32N6O4. The van der Waals surface area contributed by atoms with Crippen LogP contribution in [0.2, 0.25) is 0 Å². The quantitative estimate of drug-likeness (QED) is 0.451. The van der Waals surface area contributed by atoms with Crippen molar-refractivity contribution in [3.05, 3.63) is 35.4 Å². The van der Waals surface area contributed by atoms with E-state index in [-0.39, 0.29) is 30.5 Å². The second-order valence-corrected chi connectivity index (χ2v) is 7.80. The van der Waals surface area contributed by atoms with Crippen LogP contribution in [0.4, 0.5) is 4.79 Å². The molecule has 0 atom stereocenters. The van der Waals surface area contributed by atoms with E-state index >= 15 is 0 Å². The number of likely N-dealkylation sites (tertiary alicyclic amines) is 1. The molecule has 174 valence electrons. The van der Waals surface area contributed by atoms with Gasteiger partial charge in [-0.2, -0.15) is 0 Å². The normalized spacial score (nSPS) is 17.6. The molecule has 0 bridgehead atoms. The van der Waals surface area contributed by atoms with Crippen molar-refractivity contribution in [3.63, 3.8) is 0 Å². The molecule has 3 rings (SSSR count). The van der Waals surface area contributed by atoms with Crippen molar-refractivity contribution in [3.8, 4) is 0 Å². The summed E-state index contributed by atoms with van der Waals surface area (Å²) in [6.07, 6.45) is 1.40. The van der Waals surface area contributed by atoms with Gasteiger partial charge in [0.1, 0.15) is 0 Å². The molecule has 0 radical (unpaired) electrons. The van der Waals surface area contributed by atoms with Crippen LogP contribution in [0, 0.1) is 0 Å². The summed E-state index contributed by atoms with van der Waals surface area (Å²) in [5.41, 5.74) is 1.58. The molecule has 3 N–H and O–H groups in total. The fraction of sp³-hybridized carbons (Fsp3) is 0.545. The van der Waals surface area contributed by atoms with Crippen LogP contribution in [-0.4, -0.2) is 86.1 Å². The topological polar surface area (TPSA) is 115 Å². The third kappa shape index (κ3) is 6.35. The number of carbonyl (C=O) groups is 3. The molecule has 1 aromatic rings. The van der Waals surface area contributed by atoms with E-state index in [0.717, 1.165) is 18.4 Å². The second kappa shape index (κ2) is 11.4. The van der Waals surface area contributed by atoms with Crippen LogP contribution < -0.4 is 16.0 Å². The molecule has 3 amide bonds. The van der Waals surface area contributed by atoms with Gasteiger partial charge in [0.15, 0.2) is 5.96 Å². The summed E-state index contributed by atoms with van der Waals surface area (Å²) in [6, 6.07) is 7.60. The van der Waals surface area contributed by atoms with E-state index in [4.69, 9.17) is 4.74 Å². The second-order valence-electron chi connectivity index (χ2n) is 7.80. The lowest BCUT2D eigenvalue weighted by molar-refractivity contribution is -0.123. The van der Waals surface area contributed by atoms with Gasteiger partial charge >= 0.3 is 6.09 Å². The summed E-state index contributed by atoms with van der Waals surface area (Å²) in [5.74, 6) is 0.431. The van der Waals surface area contributed by atoms with Crippen LogP contribution in [-0.2, 0) is 16.1 Å². The first kappa shape index (κ1) is 23.4. The Labute approximate surface area is 188 Å². The van der Waals surface area contributed by atoms with Crippen LogP contribution in [0.1, 0.15) is 35.7 Å². The zero-order valence-electron chi connectivity index (χ0n) is 18.7. The molecule has 2 fully saturated rings. The molecule has 0 aromatic heterocycles. The largest absolute Gasteiger partial charge is 0.450 e. The lowest BCUT2D eigenvalue weighted by Crippen LogP contribution is -2.50. The highest BCUT2D eigenvalue weighted by Gasteiger charge is 2.24. The maximum absolute atomic E-state index is 12.6. The van der Waals surface area contributed by atoms with Gasteiger partial charge in [-0.1, -0.05) is 12.1 Å². The molecule has 0 saturated carbocycles. The van der Waals surface area contributed by atoms with Crippen LogP contribution >= 0.6 is 0 Å². The molecule has 2 heterocycles. The molecule has 0 unspecified atom stereocenters. The Hall–Kier alpha value is -3.30. The summed E-state index contributed by atoms with van der Waals surface area (Å²) < 4.78 is 5.06. The van der Waals surface area contributed by atoms with Gasteiger partial charge in [0.25, 0.3) is 5.91 Å². The van der Waals surface area contributed by atoms with Gasteiger partial charge < -0.3 is 30.5 Å². The predicted molar refractivity (Wildman–Crippen MR) is 120 cm³/mol. The highest BCUT2D eigenvalue weighted by molar-refractivity contribution is 5.97. The van der Waals surface area contributed by atoms with Crippen molar-refractivity contribution >= 4 is 23.9 Å². The number of hydrogen-bond donors (Lipinski definition) is 3. The van der Waals surface area contributed by atoms with E-state index in [1.54, 1.807) is 29.0 Å². The van der Waals surface area contributed by atoms with E-state index in [9.17, 15) is 14.4 Å². The predicted octanol–water partition coefficient (Wildman–Crippen LogP) is 0.545. The number of rotatable bonds is 5. The minimum absolute atomic E-state index is 0.100. The highest BCUT2D eigenvalue weighted by atomic mass is 16.6. The fourth-order valence-electron chi connectivity index (χ4n) is 3.75. The zero-order valence-corrected chi connectivity index (χ0v) is 18.7. The molecule has 2 aliphatic rings. The molecule has 2 aliphatic heterocycles. The Morgan fingerprint density at radius 2 is 1.88 bits per heavy atom. The van der Waals surface area contributed by atoms with E-state index in [2.05, 4.69) is 20.9 Å². The van der Waals surface area contributed by atoms with E-state index in [1.807, 2.05) is 19.1 Å². The third-order valence-corrected chi connectivity index (χ3v) is 5.57. The van der Waals surface area contributed by atoms with Gasteiger partial charge in [0.2, 0.25) is 5.91 Å². The number of nitrogens with one attached hydrogen (secondary N) is 3. The summed E-state index contributed by atoms with van der Waals surface area (Å²) in [4.78, 5) is 43.5. The number of guanidine groups is 1. The molecule has 0 spiro atoms. The van der Waals surface area contributed by atoms with Crippen molar-refractivity contribution in [2.45, 2.75) is 32.4 Å². The Morgan fingerprint density at radius 3 is 2.50 bits per heavy atom. The Kier molecular flexibility index (Phi) is 8.29. The number of ether oxygens (including phenoxy) is 1. The average molecular weight is 445 g/mol. The molecule has 1 aromatic carbocycles. The Bertz CT molecular complexity index is 833. The van der Waals surface area contributed by atoms with Gasteiger partial charge in [0, 0.05) is 51.4 Å². The molecule has 10 nitrogen and oxygen atoms in total. The van der Waals surface area contributed by atoms with Gasteiger partial charge in [-0.25, -0.2) is 4.79 Å². The summed E-state index contributed by atoms with van der Waals surface area (Å²) >= 11 is 0. The molecular weight excluding hydrogens is 412 g/mol. The van der Waals surface area contributed by atoms with Crippen LogP contribution in [0.5, 0.6) is 0 Å². The number of hydrogen-bond acceptors (Lipinski definition) is 5. The van der Waals surface area contributed by atoms with Crippen LogP contribution in [0.25, 0.3) is 0 Å². The standard InChI is InChI=1S/C22H32N6O4/c1-3-32-22(31)27-11-8-18(9-12-27)26-21(23-2)25-14-16-4-6-17(7-5-16)20(30)28-13-10-24-19(29)15-28/h4-7,18H,3,8-15H2,1-2H3,(H,24,29)(H2,23,25,26). The van der Waals surface area contributed by atoms with Crippen LogP contribution in [0.3, 0.4) is 0 Å². The van der Waals surface area contributed by atoms with Crippen molar-refractivity contribution in [1.29, 1.82) is 0 Å². The number of aliphatic imine (C=N–C) groups is 1. The van der Waals surface area contributed by atoms with Crippen molar-refractivity contribution < 1.29 is 19.1 Å². The third-order valence-electron chi connectivity index (χ3n) is 5.57. The Morgan fingerprint density at radius 1 is 1.16 bits per heavy atom. The van der Waals surface area contributed by atoms with Crippen molar-refractivity contribution in [1.82, 2.24) is 25.8 Å². The summed E-state index contributed by atoms with van der Waals surface area (Å²) in [7, 11) is 1.72. The summed E-state index contributed by atoms with van der Waals surface area (Å²) in [5, 5.41) is 9.42. The van der Waals surface area contributed by atoms with Gasteiger partial charge in [-0.15, -0.1) is 0 Å². The number of nitrogens with zero attached hydrogens (tertiary/aromatic N) is 3. The van der Waals surface area contributed by atoms with Gasteiger partial charge in [0.05, 0.1) is 13.2 Å². The van der Waals surface area contributed by atoms with E-state index < -0.39 is 0 Å². The zero-order chi connectivity index (χ0) is 22.9. The van der Waals surface area contributed by atoms with E-state index in [1.165, 1.54) is 0 Å². The van der Waals surface area contributed by atoms with E-state index in [0.29, 0.717) is 50.9 Å². The van der Waals surface area contributed by atoms with Crippen molar-refractivity contribution in [2.24, 2.45) is 4.99 Å². The number of carbonyl (C=O) groups excluding carboxylic acids is 3. The molecule has 0 aliphatic carbocycles. The SMILES string of the molecule is CCOC(=O)N1CCC(NC(=NC)NCc2ccc(C(=O)N3CCNC(=O)C3)cc2)CC1. The minimum Gasteiger partial charge on any atom is -0.450 e. The number of amides is 3. The lowest BCUT2D eigenvalue weighted by atomic mass is 10.1. The fourth-order valence-corrected chi connectivity index (χ4v) is 3.75. The summed E-state index contributed by atoms with van der Waals surface area (Å²) in [6.45, 7) is 5.17. The first-order valence-electron chi connectivity index (χ1n) is 11.0. The maximum Gasteiger partial charge on any atom is 0.409 e. The Balaban J connectivity index is 1.44. The number of piperazine rings is 1. The lowest BCUT2D eigenvalue weighted by Gasteiger charge is -2.32. The number of benzene rings is 1. The van der Waals surface area contributed by atoms with Crippen LogP contribution in [0.15, 0.2) is 29.3 Å². The van der Waals surface area contributed by atoms with Gasteiger partial charge in [-0.05, 0) is 37.5 Å². The van der Waals surface area contributed by atoms with Crippen molar-refractivity contribution in [2.75, 3.05) is 46.4 Å². The molecule has 2 saturated heterocycles. The first-order valence-corrected chi connectivity index (χ1v) is 11.0. The highest BCUT2D eigenvalue weighted by Crippen LogP contribution is 2.12. The maximum atomic E-state index is 12.6. The minimum atomic E-state index is -0.251. The van der Waals surface area contributed by atoms with Gasteiger partial charge in [-0.3, -0.25) is 14.6 Å². The molecule has 32 heavy (non-hydrogen) atoms. The monoisotopic (exact) mass is 444 g/mol. The smallest absolute Gasteiger partial charge is 0.409 e. The average Bonchev–Trinajstić information content (AvgIpc) is 2.82. The number of piperidine rings is 1.